The van der Waals surface area contributed by atoms with Crippen molar-refractivity contribution in [1.82, 2.24) is 4.90 Å². The summed E-state index contributed by atoms with van der Waals surface area (Å²) in [6.45, 7) is 3.73. The molecule has 4 nitrogen and oxygen atoms in total. The van der Waals surface area contributed by atoms with Gasteiger partial charge in [0.15, 0.2) is 0 Å². The molecule has 2 heterocycles. The highest BCUT2D eigenvalue weighted by Gasteiger charge is 2.29. The van der Waals surface area contributed by atoms with Crippen LogP contribution in [0.1, 0.15) is 54.3 Å². The molecule has 1 aromatic heterocycles. The van der Waals surface area contributed by atoms with E-state index in [9.17, 15) is 4.79 Å². The Balaban J connectivity index is 1.49. The van der Waals surface area contributed by atoms with E-state index in [0.29, 0.717) is 24.1 Å². The maximum Gasteiger partial charge on any atom is 0.257 e. The molecule has 1 unspecified atom stereocenters. The largest absolute Gasteiger partial charge is 0.467 e. The molecule has 1 fully saturated rings. The molecule has 0 N–H and O–H groups in total. The minimum atomic E-state index is 0.0841. The van der Waals surface area contributed by atoms with Crippen LogP contribution in [0.4, 0.5) is 5.69 Å². The third-order valence-electron chi connectivity index (χ3n) is 5.99. The molecule has 4 rings (SSSR count). The van der Waals surface area contributed by atoms with Crippen LogP contribution in [0.5, 0.6) is 0 Å². The van der Waals surface area contributed by atoms with E-state index in [1.165, 1.54) is 36.9 Å². The molecule has 0 saturated heterocycles. The number of hydrogen-bond donors (Lipinski definition) is 0. The summed E-state index contributed by atoms with van der Waals surface area (Å²) in [7, 11) is 1.92. The highest BCUT2D eigenvalue weighted by Crippen LogP contribution is 2.34. The highest BCUT2D eigenvalue weighted by atomic mass is 16.3. The third kappa shape index (κ3) is 3.25. The van der Waals surface area contributed by atoms with Crippen LogP contribution in [-0.2, 0) is 13.0 Å². The molecule has 1 aliphatic heterocycles. The maximum atomic E-state index is 13.0. The van der Waals surface area contributed by atoms with Crippen molar-refractivity contribution in [3.8, 4) is 0 Å². The Labute approximate surface area is 155 Å². The molecule has 0 spiro atoms. The van der Waals surface area contributed by atoms with Crippen molar-refractivity contribution in [2.75, 3.05) is 18.5 Å². The molecule has 2 aliphatic rings. The first-order chi connectivity index (χ1) is 12.6. The normalized spacial score (nSPS) is 19.8. The van der Waals surface area contributed by atoms with Crippen molar-refractivity contribution in [2.24, 2.45) is 5.92 Å². The molecular weight excluding hydrogens is 324 g/mol. The first-order valence-electron chi connectivity index (χ1n) is 9.80. The van der Waals surface area contributed by atoms with E-state index in [2.05, 4.69) is 36.1 Å². The lowest BCUT2D eigenvalue weighted by Gasteiger charge is -2.25. The topological polar surface area (TPSA) is 36.7 Å². The molecule has 2 aromatic rings. The number of anilines is 1. The van der Waals surface area contributed by atoms with Crippen LogP contribution in [0.3, 0.4) is 0 Å². The SMILES string of the molecule is CC1Cc2ccccc2N1Cc1occc1C(=O)N(C)CC1CCCC1. The van der Waals surface area contributed by atoms with Crippen molar-refractivity contribution >= 4 is 11.6 Å². The smallest absolute Gasteiger partial charge is 0.257 e. The van der Waals surface area contributed by atoms with Crippen molar-refractivity contribution in [3.05, 3.63) is 53.5 Å². The van der Waals surface area contributed by atoms with Gasteiger partial charge in [0.2, 0.25) is 0 Å². The van der Waals surface area contributed by atoms with Gasteiger partial charge in [0, 0.05) is 25.3 Å². The number of carbonyl (C=O) groups excluding carboxylic acids is 1. The summed E-state index contributed by atoms with van der Waals surface area (Å²) >= 11 is 0. The fourth-order valence-electron chi connectivity index (χ4n) is 4.55. The fourth-order valence-corrected chi connectivity index (χ4v) is 4.55. The van der Waals surface area contributed by atoms with Gasteiger partial charge in [0.05, 0.1) is 18.4 Å². The van der Waals surface area contributed by atoms with Gasteiger partial charge in [-0.2, -0.15) is 0 Å². The summed E-state index contributed by atoms with van der Waals surface area (Å²) in [4.78, 5) is 17.2. The van der Waals surface area contributed by atoms with Gasteiger partial charge in [-0.1, -0.05) is 31.0 Å². The molecule has 1 aliphatic carbocycles. The van der Waals surface area contributed by atoms with Crippen LogP contribution < -0.4 is 4.90 Å². The number of furan rings is 1. The zero-order valence-corrected chi connectivity index (χ0v) is 15.8. The zero-order valence-electron chi connectivity index (χ0n) is 15.8. The fraction of sp³-hybridized carbons (Fsp3) is 0.500. The summed E-state index contributed by atoms with van der Waals surface area (Å²) in [5.41, 5.74) is 3.34. The lowest BCUT2D eigenvalue weighted by Crippen LogP contribution is -2.33. The molecule has 4 heteroatoms. The standard InChI is InChI=1S/C22H28N2O2/c1-16-13-18-9-5-6-10-20(18)24(16)15-21-19(11-12-26-21)22(25)23(2)14-17-7-3-4-8-17/h5-6,9-12,16-17H,3-4,7-8,13-15H2,1-2H3. The predicted octanol–water partition coefficient (Wildman–Crippen LogP) is 4.49. The number of para-hydroxylation sites is 1. The average molecular weight is 352 g/mol. The van der Waals surface area contributed by atoms with Gasteiger partial charge in [0.25, 0.3) is 5.91 Å². The summed E-state index contributed by atoms with van der Waals surface area (Å²) in [6.07, 6.45) is 7.79. The Hall–Kier alpha value is -2.23. The maximum absolute atomic E-state index is 13.0. The van der Waals surface area contributed by atoms with Crippen LogP contribution in [-0.4, -0.2) is 30.4 Å². The average Bonchev–Trinajstić information content (AvgIpc) is 3.36. The van der Waals surface area contributed by atoms with E-state index >= 15 is 0 Å². The van der Waals surface area contributed by atoms with Crippen LogP contribution in [0.2, 0.25) is 0 Å². The predicted molar refractivity (Wildman–Crippen MR) is 103 cm³/mol. The molecule has 1 amide bonds. The number of hydrogen-bond acceptors (Lipinski definition) is 3. The van der Waals surface area contributed by atoms with Gasteiger partial charge in [-0.15, -0.1) is 0 Å². The molecule has 1 aromatic carbocycles. The van der Waals surface area contributed by atoms with Crippen LogP contribution in [0.25, 0.3) is 0 Å². The minimum Gasteiger partial charge on any atom is -0.467 e. The molecule has 26 heavy (non-hydrogen) atoms. The number of fused-ring (bicyclic) bond motifs is 1. The quantitative estimate of drug-likeness (QED) is 0.795. The van der Waals surface area contributed by atoms with E-state index in [0.717, 1.165) is 18.7 Å². The van der Waals surface area contributed by atoms with Crippen LogP contribution in [0, 0.1) is 5.92 Å². The van der Waals surface area contributed by atoms with Crippen LogP contribution >= 0.6 is 0 Å². The second-order valence-electron chi connectivity index (χ2n) is 7.90. The molecular formula is C22H28N2O2. The van der Waals surface area contributed by atoms with E-state index < -0.39 is 0 Å². The van der Waals surface area contributed by atoms with Crippen molar-refractivity contribution in [3.63, 3.8) is 0 Å². The summed E-state index contributed by atoms with van der Waals surface area (Å²) in [5.74, 6) is 1.52. The van der Waals surface area contributed by atoms with E-state index in [1.807, 2.05) is 18.0 Å². The number of benzene rings is 1. The van der Waals surface area contributed by atoms with Gasteiger partial charge in [-0.05, 0) is 49.8 Å². The molecule has 1 saturated carbocycles. The van der Waals surface area contributed by atoms with Crippen molar-refractivity contribution in [1.29, 1.82) is 0 Å². The Morgan fingerprint density at radius 2 is 2.00 bits per heavy atom. The monoisotopic (exact) mass is 352 g/mol. The minimum absolute atomic E-state index is 0.0841. The van der Waals surface area contributed by atoms with Gasteiger partial charge >= 0.3 is 0 Å². The zero-order chi connectivity index (χ0) is 18.1. The second kappa shape index (κ2) is 7.18. The summed E-state index contributed by atoms with van der Waals surface area (Å²) in [6, 6.07) is 10.8. The van der Waals surface area contributed by atoms with Crippen molar-refractivity contribution in [2.45, 2.75) is 51.6 Å². The van der Waals surface area contributed by atoms with Crippen molar-refractivity contribution < 1.29 is 9.21 Å². The number of carbonyl (C=O) groups is 1. The molecule has 1 atom stereocenters. The molecule has 138 valence electrons. The molecule has 0 radical (unpaired) electrons. The van der Waals surface area contributed by atoms with Gasteiger partial charge in [0.1, 0.15) is 5.76 Å². The third-order valence-corrected chi connectivity index (χ3v) is 5.99. The Morgan fingerprint density at radius 1 is 1.23 bits per heavy atom. The Kier molecular flexibility index (Phi) is 4.75. The van der Waals surface area contributed by atoms with E-state index in [4.69, 9.17) is 4.42 Å². The van der Waals surface area contributed by atoms with E-state index in [-0.39, 0.29) is 5.91 Å². The number of rotatable bonds is 5. The highest BCUT2D eigenvalue weighted by molar-refractivity contribution is 5.95. The van der Waals surface area contributed by atoms with Gasteiger partial charge in [-0.3, -0.25) is 4.79 Å². The van der Waals surface area contributed by atoms with Gasteiger partial charge in [-0.25, -0.2) is 0 Å². The van der Waals surface area contributed by atoms with Crippen LogP contribution in [0.15, 0.2) is 41.0 Å². The first kappa shape index (κ1) is 17.2. The number of amides is 1. The second-order valence-corrected chi connectivity index (χ2v) is 7.90. The summed E-state index contributed by atoms with van der Waals surface area (Å²) < 4.78 is 5.74. The Bertz CT molecular complexity index is 776. The lowest BCUT2D eigenvalue weighted by atomic mass is 10.1. The summed E-state index contributed by atoms with van der Waals surface area (Å²) in [5, 5.41) is 0. The number of nitrogens with zero attached hydrogens (tertiary/aromatic N) is 2. The Morgan fingerprint density at radius 3 is 2.81 bits per heavy atom. The van der Waals surface area contributed by atoms with Gasteiger partial charge < -0.3 is 14.2 Å². The lowest BCUT2D eigenvalue weighted by molar-refractivity contribution is 0.0771. The molecule has 0 bridgehead atoms. The first-order valence-corrected chi connectivity index (χ1v) is 9.80. The van der Waals surface area contributed by atoms with E-state index in [1.54, 1.807) is 6.26 Å².